The number of nitrogens with zero attached hydrogens (tertiary/aromatic N) is 6. The van der Waals surface area contributed by atoms with Gasteiger partial charge < -0.3 is 47.7 Å². The predicted octanol–water partition coefficient (Wildman–Crippen LogP) is 6.56. The maximum absolute atomic E-state index is 13.3. The third kappa shape index (κ3) is 11.8. The van der Waals surface area contributed by atoms with E-state index in [-0.39, 0.29) is 9.79 Å². The molecule has 0 aliphatic carbocycles. The van der Waals surface area contributed by atoms with Gasteiger partial charge in [-0.3, -0.25) is 0 Å². The highest BCUT2D eigenvalue weighted by Gasteiger charge is 2.34. The first-order valence-electron chi connectivity index (χ1n) is 22.0. The second kappa shape index (κ2) is 23.3. The minimum atomic E-state index is -3.73. The molecule has 0 spiro atoms. The SMILES string of the molecule is COc1ccc(Cc2csc(N3CCN(S(=O)(=O)c4cc(OC)ccc4OC)CC3)n2)c(OC)c1.COc1ccc(OC)c(Cc2csc(N3CCN(S(=O)(=O)c4cc(OC)ccc4OC)CC3)n2)c1. The first-order chi connectivity index (χ1) is 33.8. The molecule has 18 nitrogen and oxygen atoms in total. The zero-order valence-corrected chi connectivity index (χ0v) is 43.6. The molecule has 4 heterocycles. The number of ether oxygens (including phenoxy) is 8. The Morgan fingerprint density at radius 1 is 0.429 bits per heavy atom. The lowest BCUT2D eigenvalue weighted by Crippen LogP contribution is -2.48. The summed E-state index contributed by atoms with van der Waals surface area (Å²) >= 11 is 3.11. The van der Waals surface area contributed by atoms with E-state index in [4.69, 9.17) is 47.9 Å². The predicted molar refractivity (Wildman–Crippen MR) is 270 cm³/mol. The van der Waals surface area contributed by atoms with Crippen LogP contribution in [-0.2, 0) is 32.9 Å². The van der Waals surface area contributed by atoms with Crippen LogP contribution >= 0.6 is 22.7 Å². The Balaban J connectivity index is 0.000000206. The maximum Gasteiger partial charge on any atom is 0.247 e. The molecule has 2 aliphatic heterocycles. The number of piperazine rings is 2. The van der Waals surface area contributed by atoms with Crippen LogP contribution in [0.4, 0.5) is 10.3 Å². The molecule has 70 heavy (non-hydrogen) atoms. The standard InChI is InChI=1S/2C24H29N3O6S2/c1-30-19-5-7-21(32-3)17(14-19)13-18-16-34-24(25-18)26-9-11-27(12-10-26)35(28,29)23-15-20(31-2)6-8-22(23)33-4;1-30-19-6-5-17(22(14-19)33-4)13-18-16-34-24(25-18)26-9-11-27(12-10-26)35(28,29)23-15-20(31-2)7-8-21(23)32-3/h2*5-8,14-16H,9-13H2,1-4H3. The highest BCUT2D eigenvalue weighted by molar-refractivity contribution is 7.89. The Labute approximate surface area is 417 Å². The molecule has 0 saturated carbocycles. The van der Waals surface area contributed by atoms with E-state index in [9.17, 15) is 16.8 Å². The van der Waals surface area contributed by atoms with E-state index in [2.05, 4.69) is 9.80 Å². The molecule has 8 rings (SSSR count). The molecule has 0 unspecified atom stereocenters. The van der Waals surface area contributed by atoms with E-state index in [0.717, 1.165) is 55.8 Å². The molecule has 0 atom stereocenters. The third-order valence-corrected chi connectivity index (χ3v) is 17.5. The fraction of sp³-hybridized carbons (Fsp3) is 0.375. The molecule has 2 fully saturated rings. The summed E-state index contributed by atoms with van der Waals surface area (Å²) in [6, 6.07) is 21.0. The van der Waals surface area contributed by atoms with Crippen molar-refractivity contribution < 1.29 is 54.7 Å². The summed E-state index contributed by atoms with van der Waals surface area (Å²) < 4.78 is 98.9. The van der Waals surface area contributed by atoms with E-state index in [1.54, 1.807) is 75.4 Å². The number of rotatable bonds is 18. The van der Waals surface area contributed by atoms with Crippen molar-refractivity contribution >= 4 is 53.0 Å². The first-order valence-corrected chi connectivity index (χ1v) is 26.7. The van der Waals surface area contributed by atoms with Crippen LogP contribution in [-0.4, -0.2) is 145 Å². The normalized spacial score (nSPS) is 14.6. The van der Waals surface area contributed by atoms with Crippen LogP contribution in [0.1, 0.15) is 22.5 Å². The second-order valence-corrected chi connectivity index (χ2v) is 21.3. The van der Waals surface area contributed by atoms with E-state index in [1.165, 1.54) is 49.2 Å². The number of hydrogen-bond acceptors (Lipinski definition) is 18. The maximum atomic E-state index is 13.3. The van der Waals surface area contributed by atoms with Crippen molar-refractivity contribution in [3.05, 3.63) is 106 Å². The summed E-state index contributed by atoms with van der Waals surface area (Å²) in [5.74, 6) is 4.57. The molecule has 376 valence electrons. The fourth-order valence-corrected chi connectivity index (χ4v) is 12.9. The number of sulfonamides is 2. The number of methoxy groups -OCH3 is 8. The van der Waals surface area contributed by atoms with Crippen molar-refractivity contribution in [3.8, 4) is 46.0 Å². The van der Waals surface area contributed by atoms with Gasteiger partial charge in [-0.2, -0.15) is 8.61 Å². The Kier molecular flexibility index (Phi) is 17.2. The number of benzene rings is 4. The molecule has 0 amide bonds. The smallest absolute Gasteiger partial charge is 0.247 e. The molecule has 4 aromatic carbocycles. The molecule has 2 aliphatic rings. The van der Waals surface area contributed by atoms with Crippen molar-refractivity contribution in [1.29, 1.82) is 0 Å². The zero-order chi connectivity index (χ0) is 50.0. The van der Waals surface area contributed by atoms with Gasteiger partial charge in [0, 0.05) is 105 Å². The van der Waals surface area contributed by atoms with Crippen molar-refractivity contribution in [2.75, 3.05) is 119 Å². The molecule has 22 heteroatoms. The Hall–Kier alpha value is -6.04. The lowest BCUT2D eigenvalue weighted by Gasteiger charge is -2.34. The molecular formula is C48H58N6O12S4. The van der Waals surface area contributed by atoms with E-state index in [0.29, 0.717) is 88.2 Å². The van der Waals surface area contributed by atoms with Crippen molar-refractivity contribution in [3.63, 3.8) is 0 Å². The summed E-state index contributed by atoms with van der Waals surface area (Å²) in [5.41, 5.74) is 3.87. The summed E-state index contributed by atoms with van der Waals surface area (Å²) in [4.78, 5) is 14.0. The van der Waals surface area contributed by atoms with Crippen LogP contribution in [0.3, 0.4) is 0 Å². The second-order valence-electron chi connectivity index (χ2n) is 15.8. The molecule has 2 aromatic heterocycles. The quantitative estimate of drug-likeness (QED) is 0.0903. The highest BCUT2D eigenvalue weighted by atomic mass is 32.2. The lowest BCUT2D eigenvalue weighted by molar-refractivity contribution is 0.370. The molecule has 0 radical (unpaired) electrons. The van der Waals surface area contributed by atoms with Gasteiger partial charge in [0.2, 0.25) is 20.0 Å². The van der Waals surface area contributed by atoms with E-state index >= 15 is 0 Å². The zero-order valence-electron chi connectivity index (χ0n) is 40.4. The summed E-state index contributed by atoms with van der Waals surface area (Å²) in [6.45, 7) is 3.58. The number of aromatic nitrogens is 2. The van der Waals surface area contributed by atoms with Crippen LogP contribution in [0.2, 0.25) is 0 Å². The minimum Gasteiger partial charge on any atom is -0.497 e. The summed E-state index contributed by atoms with van der Waals surface area (Å²) in [7, 11) is 5.00. The van der Waals surface area contributed by atoms with Gasteiger partial charge in [0.05, 0.1) is 68.3 Å². The fourth-order valence-electron chi connectivity index (χ4n) is 7.94. The van der Waals surface area contributed by atoms with Crippen LogP contribution in [0, 0.1) is 0 Å². The van der Waals surface area contributed by atoms with Crippen molar-refractivity contribution in [1.82, 2.24) is 18.6 Å². The number of anilines is 2. The van der Waals surface area contributed by atoms with Gasteiger partial charge in [0.25, 0.3) is 0 Å². The van der Waals surface area contributed by atoms with Crippen LogP contribution in [0.5, 0.6) is 46.0 Å². The van der Waals surface area contributed by atoms with Crippen LogP contribution < -0.4 is 47.7 Å². The lowest BCUT2D eigenvalue weighted by atomic mass is 10.1. The van der Waals surface area contributed by atoms with Gasteiger partial charge in [0.15, 0.2) is 10.3 Å². The molecule has 0 bridgehead atoms. The Bertz CT molecular complexity index is 2930. The van der Waals surface area contributed by atoms with Crippen molar-refractivity contribution in [2.45, 2.75) is 22.6 Å². The van der Waals surface area contributed by atoms with E-state index in [1.807, 2.05) is 47.2 Å². The largest absolute Gasteiger partial charge is 0.497 e. The minimum absolute atomic E-state index is 0.108. The molecule has 6 aromatic rings. The Morgan fingerprint density at radius 3 is 1.21 bits per heavy atom. The molecule has 0 N–H and O–H groups in total. The molecule has 2 saturated heterocycles. The van der Waals surface area contributed by atoms with Crippen molar-refractivity contribution in [2.24, 2.45) is 0 Å². The number of hydrogen-bond donors (Lipinski definition) is 0. The average molecular weight is 1040 g/mol. The first kappa shape index (κ1) is 51.8. The monoisotopic (exact) mass is 1040 g/mol. The van der Waals surface area contributed by atoms with E-state index < -0.39 is 20.0 Å². The topological polar surface area (TPSA) is 181 Å². The number of thiazole rings is 2. The van der Waals surface area contributed by atoms with Gasteiger partial charge in [-0.1, -0.05) is 6.07 Å². The van der Waals surface area contributed by atoms with Gasteiger partial charge in [-0.15, -0.1) is 22.7 Å². The summed E-state index contributed by atoms with van der Waals surface area (Å²) in [5, 5.41) is 5.81. The summed E-state index contributed by atoms with van der Waals surface area (Å²) in [6.07, 6.45) is 1.24. The molecular weight excluding hydrogens is 981 g/mol. The Morgan fingerprint density at radius 2 is 0.800 bits per heavy atom. The van der Waals surface area contributed by atoms with Gasteiger partial charge in [-0.25, -0.2) is 26.8 Å². The third-order valence-electron chi connectivity index (χ3n) is 11.8. The van der Waals surface area contributed by atoms with Gasteiger partial charge in [0.1, 0.15) is 55.8 Å². The van der Waals surface area contributed by atoms with Crippen LogP contribution in [0.15, 0.2) is 93.3 Å². The average Bonchev–Trinajstić information content (AvgIpc) is 4.08. The van der Waals surface area contributed by atoms with Gasteiger partial charge >= 0.3 is 0 Å². The van der Waals surface area contributed by atoms with Crippen LogP contribution in [0.25, 0.3) is 0 Å². The highest BCUT2D eigenvalue weighted by Crippen LogP contribution is 2.35. The van der Waals surface area contributed by atoms with Gasteiger partial charge in [-0.05, 0) is 48.5 Å².